The second-order valence-corrected chi connectivity index (χ2v) is 22.9. The molecule has 2 aliphatic heterocycles. The second-order valence-electron chi connectivity index (χ2n) is 15.0. The van der Waals surface area contributed by atoms with Crippen LogP contribution in [0.5, 0.6) is 5.75 Å². The van der Waals surface area contributed by atoms with Gasteiger partial charge in [-0.25, -0.2) is 18.4 Å². The van der Waals surface area contributed by atoms with E-state index in [-0.39, 0.29) is 36.7 Å². The molecule has 0 saturated carbocycles. The number of aromatic nitrogens is 3. The first-order valence-electron chi connectivity index (χ1n) is 15.9. The maximum atomic E-state index is 13.6. The Morgan fingerprint density at radius 2 is 1.85 bits per heavy atom. The number of sulfone groups is 1. The van der Waals surface area contributed by atoms with Crippen molar-refractivity contribution in [1.82, 2.24) is 14.5 Å². The molecule has 0 N–H and O–H groups in total. The molecule has 252 valence electrons. The molecule has 5 rings (SSSR count). The first-order valence-corrected chi connectivity index (χ1v) is 21.5. The topological polar surface area (TPSA) is 122 Å². The largest absolute Gasteiger partial charge is 0.491 e. The van der Waals surface area contributed by atoms with E-state index in [1.807, 2.05) is 62.3 Å². The van der Waals surface area contributed by atoms with Gasteiger partial charge < -0.3 is 28.4 Å². The molecule has 1 unspecified atom stereocenters. The highest BCUT2D eigenvalue weighted by Crippen LogP contribution is 2.34. The van der Waals surface area contributed by atoms with Gasteiger partial charge in [0.15, 0.2) is 27.1 Å². The van der Waals surface area contributed by atoms with Crippen LogP contribution in [0.2, 0.25) is 25.7 Å². The van der Waals surface area contributed by atoms with Crippen LogP contribution in [0.1, 0.15) is 45.0 Å². The number of nitrogens with zero attached hydrogens (tertiary/aromatic N) is 4. The SMILES string of the molecule is CC1(C)OCC(COc2cc(-c3cnc4c(n3)c(C(=O)C(C)(C)C)cn4COCC[Si](C)(C)C)cc(N3CCS(=O)(=O)CC3)c2)O1. The van der Waals surface area contributed by atoms with Gasteiger partial charge in [-0.05, 0) is 32.0 Å². The normalized spacial score (nSPS) is 19.9. The number of ketones is 1. The number of hydrogen-bond donors (Lipinski definition) is 0. The third-order valence-electron chi connectivity index (χ3n) is 8.12. The van der Waals surface area contributed by atoms with Gasteiger partial charge in [-0.3, -0.25) is 4.79 Å². The number of Topliss-reactive ketones (excluding diaryl/α,β-unsaturated/α-hetero) is 1. The van der Waals surface area contributed by atoms with Crippen molar-refractivity contribution in [3.63, 3.8) is 0 Å². The molecule has 1 atom stereocenters. The number of carbonyl (C=O) groups excluding carboxylic acids is 1. The number of ether oxygens (including phenoxy) is 4. The van der Waals surface area contributed by atoms with Crippen LogP contribution in [0, 0.1) is 5.41 Å². The van der Waals surface area contributed by atoms with Crippen LogP contribution in [0.3, 0.4) is 0 Å². The van der Waals surface area contributed by atoms with Crippen molar-refractivity contribution in [2.24, 2.45) is 5.41 Å². The number of fused-ring (bicyclic) bond motifs is 1. The summed E-state index contributed by atoms with van der Waals surface area (Å²) < 4.78 is 50.1. The number of anilines is 1. The zero-order valence-electron chi connectivity index (χ0n) is 28.4. The van der Waals surface area contributed by atoms with Gasteiger partial charge in [0.1, 0.15) is 30.7 Å². The monoisotopic (exact) mass is 672 g/mol. The molecule has 13 heteroatoms. The van der Waals surface area contributed by atoms with E-state index in [9.17, 15) is 13.2 Å². The average Bonchev–Trinajstić information content (AvgIpc) is 3.51. The van der Waals surface area contributed by atoms with E-state index in [0.29, 0.717) is 54.5 Å². The molecule has 0 bridgehead atoms. The average molecular weight is 673 g/mol. The molecule has 0 aliphatic carbocycles. The Hall–Kier alpha value is -2.84. The van der Waals surface area contributed by atoms with Gasteiger partial charge in [-0.15, -0.1) is 0 Å². The first-order chi connectivity index (χ1) is 21.4. The molecular weight excluding hydrogens is 625 g/mol. The van der Waals surface area contributed by atoms with E-state index < -0.39 is 29.1 Å². The third-order valence-corrected chi connectivity index (χ3v) is 11.4. The Morgan fingerprint density at radius 1 is 1.13 bits per heavy atom. The number of benzene rings is 1. The Labute approximate surface area is 273 Å². The lowest BCUT2D eigenvalue weighted by Crippen LogP contribution is -2.40. The summed E-state index contributed by atoms with van der Waals surface area (Å²) in [7, 11) is -4.31. The van der Waals surface area contributed by atoms with Gasteiger partial charge in [0.2, 0.25) is 0 Å². The molecule has 2 saturated heterocycles. The van der Waals surface area contributed by atoms with Crippen molar-refractivity contribution in [1.29, 1.82) is 0 Å². The van der Waals surface area contributed by atoms with Crippen molar-refractivity contribution >= 4 is 40.5 Å². The van der Waals surface area contributed by atoms with Crippen LogP contribution in [0.25, 0.3) is 22.4 Å². The Balaban J connectivity index is 1.50. The summed E-state index contributed by atoms with van der Waals surface area (Å²) in [6.07, 6.45) is 3.28. The van der Waals surface area contributed by atoms with Crippen molar-refractivity contribution in [3.05, 3.63) is 36.2 Å². The second kappa shape index (κ2) is 13.0. The van der Waals surface area contributed by atoms with E-state index in [1.54, 1.807) is 12.4 Å². The van der Waals surface area contributed by atoms with E-state index >= 15 is 0 Å². The fourth-order valence-electron chi connectivity index (χ4n) is 5.40. The highest BCUT2D eigenvalue weighted by Gasteiger charge is 2.33. The van der Waals surface area contributed by atoms with Crippen LogP contribution >= 0.6 is 0 Å². The molecule has 0 radical (unpaired) electrons. The van der Waals surface area contributed by atoms with Crippen LogP contribution in [-0.4, -0.2) is 93.1 Å². The van der Waals surface area contributed by atoms with Crippen LogP contribution < -0.4 is 9.64 Å². The Morgan fingerprint density at radius 3 is 2.48 bits per heavy atom. The molecule has 2 aliphatic rings. The van der Waals surface area contributed by atoms with Gasteiger partial charge in [-0.2, -0.15) is 0 Å². The summed E-state index contributed by atoms with van der Waals surface area (Å²) in [5.41, 5.74) is 3.12. The molecule has 2 aromatic heterocycles. The van der Waals surface area contributed by atoms with Gasteiger partial charge in [0, 0.05) is 56.7 Å². The van der Waals surface area contributed by atoms with Gasteiger partial charge in [0.05, 0.1) is 35.6 Å². The fraction of sp³-hybridized carbons (Fsp3) is 0.606. The molecule has 3 aromatic rings. The lowest BCUT2D eigenvalue weighted by atomic mass is 9.87. The maximum Gasteiger partial charge on any atom is 0.171 e. The molecule has 0 amide bonds. The molecule has 4 heterocycles. The highest BCUT2D eigenvalue weighted by molar-refractivity contribution is 7.91. The zero-order chi connectivity index (χ0) is 33.5. The molecule has 2 fully saturated rings. The van der Waals surface area contributed by atoms with E-state index in [4.69, 9.17) is 28.9 Å². The van der Waals surface area contributed by atoms with Crippen molar-refractivity contribution in [3.8, 4) is 17.0 Å². The maximum absolute atomic E-state index is 13.6. The smallest absolute Gasteiger partial charge is 0.171 e. The van der Waals surface area contributed by atoms with Crippen molar-refractivity contribution < 1.29 is 32.2 Å². The van der Waals surface area contributed by atoms with Crippen LogP contribution in [-0.2, 0) is 30.8 Å². The van der Waals surface area contributed by atoms with Crippen LogP contribution in [0.15, 0.2) is 30.6 Å². The standard InChI is InChI=1S/C33H48N4O7SSi/c1-32(2,3)30(38)27-19-37(22-41-11-14-46(6,7)8)31-29(27)35-28(18-34-31)23-15-24(36-9-12-45(39,40)13-10-36)17-25(16-23)42-20-26-21-43-33(4,5)44-26/h15-19,26H,9-14,20-22H2,1-8H3. The third kappa shape index (κ3) is 8.54. The minimum absolute atomic E-state index is 0.0289. The molecule has 1 aromatic carbocycles. The van der Waals surface area contributed by atoms with Crippen molar-refractivity contribution in [2.45, 2.75) is 78.9 Å². The number of hydrogen-bond acceptors (Lipinski definition) is 10. The van der Waals surface area contributed by atoms with E-state index in [0.717, 1.165) is 17.3 Å². The lowest BCUT2D eigenvalue weighted by Gasteiger charge is -2.29. The summed E-state index contributed by atoms with van der Waals surface area (Å²) >= 11 is 0. The molecule has 46 heavy (non-hydrogen) atoms. The summed E-state index contributed by atoms with van der Waals surface area (Å²) in [4.78, 5) is 25.5. The quantitative estimate of drug-likeness (QED) is 0.149. The van der Waals surface area contributed by atoms with E-state index in [1.165, 1.54) is 0 Å². The Kier molecular flexibility index (Phi) is 9.74. The molecule has 11 nitrogen and oxygen atoms in total. The Bertz CT molecular complexity index is 1680. The number of carbonyl (C=O) groups is 1. The van der Waals surface area contributed by atoms with Gasteiger partial charge in [0.25, 0.3) is 0 Å². The first kappa shape index (κ1) is 34.5. The minimum Gasteiger partial charge on any atom is -0.491 e. The molecule has 0 spiro atoms. The molecular formula is C33H48N4O7SSi. The predicted octanol–water partition coefficient (Wildman–Crippen LogP) is 5.40. The number of rotatable bonds is 11. The summed E-state index contributed by atoms with van der Waals surface area (Å²) in [5, 5.41) is 0. The zero-order valence-corrected chi connectivity index (χ0v) is 30.2. The fourth-order valence-corrected chi connectivity index (χ4v) is 7.36. The van der Waals surface area contributed by atoms with Gasteiger partial charge in [-0.1, -0.05) is 40.4 Å². The lowest BCUT2D eigenvalue weighted by molar-refractivity contribution is -0.141. The predicted molar refractivity (Wildman–Crippen MR) is 182 cm³/mol. The summed E-state index contributed by atoms with van der Waals surface area (Å²) in [5.74, 6) is 0.0820. The van der Waals surface area contributed by atoms with Crippen LogP contribution in [0.4, 0.5) is 5.69 Å². The summed E-state index contributed by atoms with van der Waals surface area (Å²) in [6, 6.07) is 6.82. The highest BCUT2D eigenvalue weighted by atomic mass is 32.2. The van der Waals surface area contributed by atoms with E-state index in [2.05, 4.69) is 19.6 Å². The van der Waals surface area contributed by atoms with Gasteiger partial charge >= 0.3 is 0 Å². The summed E-state index contributed by atoms with van der Waals surface area (Å²) in [6.45, 7) is 18.8. The van der Waals surface area contributed by atoms with Crippen molar-refractivity contribution in [2.75, 3.05) is 49.3 Å². The minimum atomic E-state index is -3.06.